The minimum Gasteiger partial charge on any atom is -0.456 e. The van der Waals surface area contributed by atoms with Gasteiger partial charge in [-0.05, 0) is 76.3 Å². The third kappa shape index (κ3) is 3.80. The number of aromatic nitrogens is 2. The number of fused-ring (bicyclic) bond motifs is 6. The van der Waals surface area contributed by atoms with Gasteiger partial charge in [-0.1, -0.05) is 82.7 Å². The monoisotopic (exact) mass is 576 g/mol. The molecule has 0 fully saturated rings. The predicted molar refractivity (Wildman–Crippen MR) is 168 cm³/mol. The Labute approximate surface area is 238 Å². The molecule has 188 valence electrons. The summed E-state index contributed by atoms with van der Waals surface area (Å²) in [4.78, 5) is 9.39. The molecule has 3 heterocycles. The fourth-order valence-corrected chi connectivity index (χ4v) is 6.17. The second-order valence-electron chi connectivity index (χ2n) is 10.0. The van der Waals surface area contributed by atoms with E-state index < -0.39 is 0 Å². The number of halogens is 1. The van der Waals surface area contributed by atoms with Crippen LogP contribution in [0.5, 0.6) is 0 Å². The van der Waals surface area contributed by atoms with Gasteiger partial charge in [0.05, 0.1) is 11.0 Å². The van der Waals surface area contributed by atoms with E-state index in [1.807, 2.05) is 30.6 Å². The maximum atomic E-state index is 6.38. The van der Waals surface area contributed by atoms with Crippen LogP contribution in [0.25, 0.3) is 77.1 Å². The molecular formula is C36H21BrN2O. The Morgan fingerprint density at radius 3 is 2.25 bits per heavy atom. The molecule has 0 aliphatic carbocycles. The zero-order chi connectivity index (χ0) is 26.6. The predicted octanol–water partition coefficient (Wildman–Crippen LogP) is 10.4. The van der Waals surface area contributed by atoms with Crippen molar-refractivity contribution >= 4 is 59.7 Å². The lowest BCUT2D eigenvalue weighted by molar-refractivity contribution is 0.669. The van der Waals surface area contributed by atoms with E-state index in [2.05, 4.69) is 118 Å². The van der Waals surface area contributed by atoms with Gasteiger partial charge in [0, 0.05) is 44.0 Å². The van der Waals surface area contributed by atoms with E-state index in [0.717, 1.165) is 70.5 Å². The highest BCUT2D eigenvalue weighted by atomic mass is 79.9. The fraction of sp³-hybridized carbons (Fsp3) is 0. The number of pyridine rings is 2. The van der Waals surface area contributed by atoms with Gasteiger partial charge in [-0.2, -0.15) is 0 Å². The Hall–Kier alpha value is -4.80. The molecule has 40 heavy (non-hydrogen) atoms. The maximum Gasteiger partial charge on any atom is 0.136 e. The fourth-order valence-electron chi connectivity index (χ4n) is 5.68. The molecule has 0 saturated heterocycles. The van der Waals surface area contributed by atoms with Crippen molar-refractivity contribution in [1.82, 2.24) is 9.97 Å². The Balaban J connectivity index is 1.24. The van der Waals surface area contributed by atoms with Gasteiger partial charge in [0.15, 0.2) is 0 Å². The van der Waals surface area contributed by atoms with Gasteiger partial charge in [-0.3, -0.25) is 9.97 Å². The number of benzene rings is 5. The van der Waals surface area contributed by atoms with Gasteiger partial charge >= 0.3 is 0 Å². The number of hydrogen-bond donors (Lipinski definition) is 0. The number of rotatable bonds is 3. The van der Waals surface area contributed by atoms with E-state index in [-0.39, 0.29) is 0 Å². The summed E-state index contributed by atoms with van der Waals surface area (Å²) in [7, 11) is 0. The highest BCUT2D eigenvalue weighted by Gasteiger charge is 2.14. The maximum absolute atomic E-state index is 6.38. The lowest BCUT2D eigenvalue weighted by atomic mass is 9.96. The SMILES string of the molecule is Brc1cc(-c2cnc3c(ccc4cccnc43)c2)cc(-c2ccc3c(c2)oc2cccc(-c4ccccc4)c23)c1. The van der Waals surface area contributed by atoms with Crippen LogP contribution < -0.4 is 0 Å². The zero-order valence-corrected chi connectivity index (χ0v) is 22.9. The highest BCUT2D eigenvalue weighted by Crippen LogP contribution is 2.39. The van der Waals surface area contributed by atoms with Crippen molar-refractivity contribution in [2.45, 2.75) is 0 Å². The van der Waals surface area contributed by atoms with Crippen LogP contribution in [-0.2, 0) is 0 Å². The van der Waals surface area contributed by atoms with Crippen molar-refractivity contribution in [2.24, 2.45) is 0 Å². The molecule has 3 aromatic heterocycles. The molecule has 0 spiro atoms. The lowest BCUT2D eigenvalue weighted by Gasteiger charge is -2.09. The smallest absolute Gasteiger partial charge is 0.136 e. The summed E-state index contributed by atoms with van der Waals surface area (Å²) < 4.78 is 7.39. The van der Waals surface area contributed by atoms with E-state index in [1.165, 1.54) is 11.1 Å². The normalized spacial score (nSPS) is 11.6. The Morgan fingerprint density at radius 2 is 1.35 bits per heavy atom. The summed E-state index contributed by atoms with van der Waals surface area (Å²) in [5.74, 6) is 0. The van der Waals surface area contributed by atoms with Crippen LogP contribution in [0.1, 0.15) is 0 Å². The van der Waals surface area contributed by atoms with Gasteiger partial charge in [0.2, 0.25) is 0 Å². The molecule has 5 aromatic carbocycles. The topological polar surface area (TPSA) is 38.9 Å². The molecule has 3 nitrogen and oxygen atoms in total. The molecular weight excluding hydrogens is 556 g/mol. The van der Waals surface area contributed by atoms with Crippen LogP contribution in [0.15, 0.2) is 137 Å². The van der Waals surface area contributed by atoms with E-state index in [1.54, 1.807) is 0 Å². The quantitative estimate of drug-likeness (QED) is 0.196. The van der Waals surface area contributed by atoms with Gasteiger partial charge in [-0.25, -0.2) is 0 Å². The van der Waals surface area contributed by atoms with Crippen LogP contribution in [0.4, 0.5) is 0 Å². The molecule has 0 N–H and O–H groups in total. The molecule has 0 bridgehead atoms. The molecule has 8 aromatic rings. The van der Waals surface area contributed by atoms with Crippen LogP contribution >= 0.6 is 15.9 Å². The summed E-state index contributed by atoms with van der Waals surface area (Å²) in [6.07, 6.45) is 3.76. The third-order valence-corrected chi connectivity index (χ3v) is 8.03. The highest BCUT2D eigenvalue weighted by molar-refractivity contribution is 9.10. The van der Waals surface area contributed by atoms with Crippen molar-refractivity contribution in [3.8, 4) is 33.4 Å². The van der Waals surface area contributed by atoms with Crippen LogP contribution in [0, 0.1) is 0 Å². The first-order chi connectivity index (χ1) is 19.7. The van der Waals surface area contributed by atoms with E-state index in [4.69, 9.17) is 9.40 Å². The van der Waals surface area contributed by atoms with Gasteiger partial charge in [-0.15, -0.1) is 0 Å². The van der Waals surface area contributed by atoms with Crippen LogP contribution in [-0.4, -0.2) is 9.97 Å². The summed E-state index contributed by atoms with van der Waals surface area (Å²) in [5.41, 5.74) is 10.3. The van der Waals surface area contributed by atoms with Crippen molar-refractivity contribution in [1.29, 1.82) is 0 Å². The first-order valence-corrected chi connectivity index (χ1v) is 14.0. The van der Waals surface area contributed by atoms with Crippen molar-refractivity contribution < 1.29 is 4.42 Å². The van der Waals surface area contributed by atoms with Crippen molar-refractivity contribution in [2.75, 3.05) is 0 Å². The van der Waals surface area contributed by atoms with E-state index >= 15 is 0 Å². The Bertz CT molecular complexity index is 2230. The first kappa shape index (κ1) is 23.1. The largest absolute Gasteiger partial charge is 0.456 e. The standard InChI is InChI=1S/C36H21BrN2O/c37-29-18-26(17-27(19-29)28-16-25-12-11-23-8-5-15-38-35(23)36(25)39-21-28)24-13-14-31-33(20-24)40-32-10-4-9-30(34(31)32)22-6-2-1-3-7-22/h1-21H. The summed E-state index contributed by atoms with van der Waals surface area (Å²) in [6.45, 7) is 0. The minimum atomic E-state index is 0.879. The van der Waals surface area contributed by atoms with E-state index in [0.29, 0.717) is 0 Å². The number of furan rings is 1. The summed E-state index contributed by atoms with van der Waals surface area (Å²) in [5, 5.41) is 4.43. The molecule has 0 amide bonds. The lowest BCUT2D eigenvalue weighted by Crippen LogP contribution is -1.88. The minimum absolute atomic E-state index is 0.879. The Kier molecular flexibility index (Phi) is 5.29. The molecule has 0 aliphatic rings. The van der Waals surface area contributed by atoms with Gasteiger partial charge < -0.3 is 4.42 Å². The molecule has 0 unspecified atom stereocenters. The first-order valence-electron chi connectivity index (χ1n) is 13.2. The van der Waals surface area contributed by atoms with Crippen molar-refractivity contribution in [3.05, 3.63) is 132 Å². The second-order valence-corrected chi connectivity index (χ2v) is 10.9. The van der Waals surface area contributed by atoms with Gasteiger partial charge in [0.1, 0.15) is 11.2 Å². The summed E-state index contributed by atoms with van der Waals surface area (Å²) in [6, 6.07) is 40.2. The molecule has 4 heteroatoms. The average Bonchev–Trinajstić information content (AvgIpc) is 3.39. The number of nitrogens with zero attached hydrogens (tertiary/aromatic N) is 2. The van der Waals surface area contributed by atoms with Crippen LogP contribution in [0.3, 0.4) is 0 Å². The molecule has 0 atom stereocenters. The van der Waals surface area contributed by atoms with Crippen LogP contribution in [0.2, 0.25) is 0 Å². The molecule has 0 aliphatic heterocycles. The van der Waals surface area contributed by atoms with Gasteiger partial charge in [0.25, 0.3) is 0 Å². The van der Waals surface area contributed by atoms with Crippen molar-refractivity contribution in [3.63, 3.8) is 0 Å². The Morgan fingerprint density at radius 1 is 0.525 bits per heavy atom. The van der Waals surface area contributed by atoms with E-state index in [9.17, 15) is 0 Å². The number of hydrogen-bond acceptors (Lipinski definition) is 3. The average molecular weight is 577 g/mol. The summed E-state index contributed by atoms with van der Waals surface area (Å²) >= 11 is 3.75. The second kappa shape index (κ2) is 9.15. The zero-order valence-electron chi connectivity index (χ0n) is 21.3. The molecule has 8 rings (SSSR count). The molecule has 0 radical (unpaired) electrons. The third-order valence-electron chi connectivity index (χ3n) is 7.57. The molecule has 0 saturated carbocycles.